The van der Waals surface area contributed by atoms with Gasteiger partial charge in [0.25, 0.3) is 0 Å². The van der Waals surface area contributed by atoms with E-state index < -0.39 is 6.10 Å². The Morgan fingerprint density at radius 3 is 2.33 bits per heavy atom. The average molecular weight is 249 g/mol. The van der Waals surface area contributed by atoms with E-state index in [2.05, 4.69) is 31.3 Å². The SMILES string of the molecule is CCCCNC(C)C(O)c1ccc(CCC)cc1. The van der Waals surface area contributed by atoms with Crippen molar-refractivity contribution in [2.24, 2.45) is 0 Å². The van der Waals surface area contributed by atoms with Crippen LogP contribution in [0.2, 0.25) is 0 Å². The first kappa shape index (κ1) is 15.2. The lowest BCUT2D eigenvalue weighted by Gasteiger charge is -2.20. The van der Waals surface area contributed by atoms with Crippen LogP contribution in [-0.2, 0) is 6.42 Å². The summed E-state index contributed by atoms with van der Waals surface area (Å²) >= 11 is 0. The zero-order valence-corrected chi connectivity index (χ0v) is 11.9. The number of hydrogen-bond donors (Lipinski definition) is 2. The number of hydrogen-bond acceptors (Lipinski definition) is 2. The van der Waals surface area contributed by atoms with Gasteiger partial charge in [-0.15, -0.1) is 0 Å². The highest BCUT2D eigenvalue weighted by molar-refractivity contribution is 5.25. The number of aryl methyl sites for hydroxylation is 1. The highest BCUT2D eigenvalue weighted by atomic mass is 16.3. The van der Waals surface area contributed by atoms with Crippen molar-refractivity contribution in [3.8, 4) is 0 Å². The van der Waals surface area contributed by atoms with Crippen molar-refractivity contribution in [3.05, 3.63) is 35.4 Å². The van der Waals surface area contributed by atoms with Crippen LogP contribution in [0.15, 0.2) is 24.3 Å². The summed E-state index contributed by atoms with van der Waals surface area (Å²) in [7, 11) is 0. The van der Waals surface area contributed by atoms with E-state index in [1.54, 1.807) is 0 Å². The minimum absolute atomic E-state index is 0.105. The Morgan fingerprint density at radius 2 is 1.78 bits per heavy atom. The van der Waals surface area contributed by atoms with Crippen LogP contribution in [0, 0.1) is 0 Å². The third kappa shape index (κ3) is 4.79. The molecule has 0 aliphatic carbocycles. The molecule has 2 heteroatoms. The zero-order chi connectivity index (χ0) is 13.4. The highest BCUT2D eigenvalue weighted by Crippen LogP contribution is 2.18. The van der Waals surface area contributed by atoms with Gasteiger partial charge in [-0.2, -0.15) is 0 Å². The maximum absolute atomic E-state index is 10.2. The third-order valence-corrected chi connectivity index (χ3v) is 3.33. The maximum Gasteiger partial charge on any atom is 0.0940 e. The van der Waals surface area contributed by atoms with Crippen molar-refractivity contribution in [2.45, 2.75) is 58.6 Å². The van der Waals surface area contributed by atoms with E-state index in [-0.39, 0.29) is 6.04 Å². The van der Waals surface area contributed by atoms with Gasteiger partial charge in [0.2, 0.25) is 0 Å². The van der Waals surface area contributed by atoms with Gasteiger partial charge in [-0.05, 0) is 37.4 Å². The summed E-state index contributed by atoms with van der Waals surface area (Å²) in [6.07, 6.45) is 4.20. The van der Waals surface area contributed by atoms with Crippen LogP contribution in [0.3, 0.4) is 0 Å². The van der Waals surface area contributed by atoms with E-state index in [0.29, 0.717) is 0 Å². The summed E-state index contributed by atoms with van der Waals surface area (Å²) in [6, 6.07) is 8.46. The van der Waals surface area contributed by atoms with Crippen molar-refractivity contribution in [1.82, 2.24) is 5.32 Å². The number of aliphatic hydroxyl groups excluding tert-OH is 1. The molecule has 0 bridgehead atoms. The van der Waals surface area contributed by atoms with Gasteiger partial charge < -0.3 is 10.4 Å². The Labute approximate surface area is 111 Å². The Bertz CT molecular complexity index is 320. The number of rotatable bonds is 8. The Hall–Kier alpha value is -0.860. The van der Waals surface area contributed by atoms with Crippen molar-refractivity contribution in [2.75, 3.05) is 6.54 Å². The first-order valence-corrected chi connectivity index (χ1v) is 7.19. The quantitative estimate of drug-likeness (QED) is 0.692. The molecule has 0 fully saturated rings. The molecule has 0 heterocycles. The molecular formula is C16H27NO. The standard InChI is InChI=1S/C16H27NO/c1-4-6-12-17-13(3)16(18)15-10-8-14(7-5-2)9-11-15/h8-11,13,16-18H,4-7,12H2,1-3H3. The fourth-order valence-electron chi connectivity index (χ4n) is 2.08. The summed E-state index contributed by atoms with van der Waals surface area (Å²) in [5, 5.41) is 13.6. The van der Waals surface area contributed by atoms with Gasteiger partial charge in [0.05, 0.1) is 6.10 Å². The molecule has 18 heavy (non-hydrogen) atoms. The van der Waals surface area contributed by atoms with Crippen molar-refractivity contribution in [3.63, 3.8) is 0 Å². The van der Waals surface area contributed by atoms with Gasteiger partial charge in [-0.25, -0.2) is 0 Å². The molecule has 1 aromatic rings. The molecule has 0 spiro atoms. The van der Waals surface area contributed by atoms with E-state index >= 15 is 0 Å². The molecule has 102 valence electrons. The van der Waals surface area contributed by atoms with Gasteiger partial charge in [-0.1, -0.05) is 51.0 Å². The predicted molar refractivity (Wildman–Crippen MR) is 77.8 cm³/mol. The summed E-state index contributed by atoms with van der Waals surface area (Å²) in [6.45, 7) is 7.38. The number of unbranched alkanes of at least 4 members (excludes halogenated alkanes) is 1. The average Bonchev–Trinajstić information content (AvgIpc) is 2.39. The van der Waals surface area contributed by atoms with Crippen molar-refractivity contribution in [1.29, 1.82) is 0 Å². The summed E-state index contributed by atoms with van der Waals surface area (Å²) in [5.74, 6) is 0. The molecule has 0 radical (unpaired) electrons. The fraction of sp³-hybridized carbons (Fsp3) is 0.625. The van der Waals surface area contributed by atoms with Crippen LogP contribution in [0.25, 0.3) is 0 Å². The summed E-state index contributed by atoms with van der Waals surface area (Å²) in [4.78, 5) is 0. The summed E-state index contributed by atoms with van der Waals surface area (Å²) < 4.78 is 0. The predicted octanol–water partition coefficient (Wildman–Crippen LogP) is 3.45. The van der Waals surface area contributed by atoms with E-state index in [4.69, 9.17) is 0 Å². The molecule has 0 aliphatic heterocycles. The Balaban J connectivity index is 2.51. The highest BCUT2D eigenvalue weighted by Gasteiger charge is 2.15. The smallest absolute Gasteiger partial charge is 0.0940 e. The number of nitrogens with one attached hydrogen (secondary N) is 1. The van der Waals surface area contributed by atoms with Crippen LogP contribution in [0.5, 0.6) is 0 Å². The molecule has 0 amide bonds. The van der Waals surface area contributed by atoms with Crippen LogP contribution in [-0.4, -0.2) is 17.7 Å². The molecule has 2 N–H and O–H groups in total. The molecule has 2 nitrogen and oxygen atoms in total. The largest absolute Gasteiger partial charge is 0.387 e. The van der Waals surface area contributed by atoms with Crippen LogP contribution in [0.1, 0.15) is 57.3 Å². The molecule has 0 saturated heterocycles. The number of aliphatic hydroxyl groups is 1. The molecular weight excluding hydrogens is 222 g/mol. The molecule has 0 aliphatic rings. The summed E-state index contributed by atoms with van der Waals surface area (Å²) in [5.41, 5.74) is 2.35. The second-order valence-corrected chi connectivity index (χ2v) is 5.03. The Kier molecular flexibility index (Phi) is 6.99. The lowest BCUT2D eigenvalue weighted by atomic mass is 10.0. The van der Waals surface area contributed by atoms with E-state index in [9.17, 15) is 5.11 Å². The van der Waals surface area contributed by atoms with Crippen molar-refractivity contribution < 1.29 is 5.11 Å². The van der Waals surface area contributed by atoms with Gasteiger partial charge in [0.1, 0.15) is 0 Å². The number of benzene rings is 1. The second kappa shape index (κ2) is 8.28. The Morgan fingerprint density at radius 1 is 1.11 bits per heavy atom. The van der Waals surface area contributed by atoms with Gasteiger partial charge in [0.15, 0.2) is 0 Å². The zero-order valence-electron chi connectivity index (χ0n) is 11.9. The lowest BCUT2D eigenvalue weighted by Crippen LogP contribution is -2.32. The molecule has 0 saturated carbocycles. The molecule has 1 rings (SSSR count). The van der Waals surface area contributed by atoms with Crippen LogP contribution in [0.4, 0.5) is 0 Å². The third-order valence-electron chi connectivity index (χ3n) is 3.33. The van der Waals surface area contributed by atoms with Gasteiger partial charge in [0, 0.05) is 6.04 Å². The normalized spacial score (nSPS) is 14.4. The molecule has 2 atom stereocenters. The maximum atomic E-state index is 10.2. The topological polar surface area (TPSA) is 32.3 Å². The van der Waals surface area contributed by atoms with Crippen LogP contribution >= 0.6 is 0 Å². The van der Waals surface area contributed by atoms with Gasteiger partial charge in [-0.3, -0.25) is 0 Å². The second-order valence-electron chi connectivity index (χ2n) is 5.03. The molecule has 2 unspecified atom stereocenters. The van der Waals surface area contributed by atoms with Crippen LogP contribution < -0.4 is 5.32 Å². The minimum atomic E-state index is -0.419. The molecule has 1 aromatic carbocycles. The first-order valence-electron chi connectivity index (χ1n) is 7.19. The van der Waals surface area contributed by atoms with Crippen molar-refractivity contribution >= 4 is 0 Å². The fourth-order valence-corrected chi connectivity index (χ4v) is 2.08. The monoisotopic (exact) mass is 249 g/mol. The molecule has 0 aromatic heterocycles. The van der Waals surface area contributed by atoms with Gasteiger partial charge >= 0.3 is 0 Å². The van der Waals surface area contributed by atoms with E-state index in [0.717, 1.165) is 31.4 Å². The minimum Gasteiger partial charge on any atom is -0.387 e. The first-order chi connectivity index (χ1) is 8.69. The lowest BCUT2D eigenvalue weighted by molar-refractivity contribution is 0.136. The van der Waals surface area contributed by atoms with E-state index in [1.807, 2.05) is 19.1 Å². The van der Waals surface area contributed by atoms with E-state index in [1.165, 1.54) is 12.0 Å².